The second-order valence-electron chi connectivity index (χ2n) is 2.78. The van der Waals surface area contributed by atoms with E-state index in [0.29, 0.717) is 11.2 Å². The molecule has 0 radical (unpaired) electrons. The maximum absolute atomic E-state index is 5.52. The molecule has 0 aromatic carbocycles. The average molecular weight is 174 g/mol. The molecule has 1 aliphatic rings. The lowest BCUT2D eigenvalue weighted by atomic mass is 10.2. The first-order valence-corrected chi connectivity index (χ1v) is 4.21. The van der Waals surface area contributed by atoms with Crippen LogP contribution in [0.1, 0.15) is 12.8 Å². The summed E-state index contributed by atoms with van der Waals surface area (Å²) in [5.74, 6) is 0. The molecule has 1 fully saturated rings. The van der Waals surface area contributed by atoms with Crippen molar-refractivity contribution in [3.05, 3.63) is 0 Å². The van der Waals surface area contributed by atoms with Gasteiger partial charge in [0.15, 0.2) is 5.11 Å². The van der Waals surface area contributed by atoms with Gasteiger partial charge in [-0.25, -0.2) is 0 Å². The second kappa shape index (κ2) is 3.88. The second-order valence-corrected chi connectivity index (χ2v) is 3.20. The summed E-state index contributed by atoms with van der Waals surface area (Å²) < 4.78 is 5.05. The number of hydrogen-bond donors (Lipinski definition) is 1. The fourth-order valence-corrected chi connectivity index (χ4v) is 1.73. The van der Waals surface area contributed by atoms with Crippen LogP contribution in [-0.2, 0) is 4.74 Å². The van der Waals surface area contributed by atoms with Gasteiger partial charge < -0.3 is 15.4 Å². The standard InChI is InChI=1S/C7H14N2OS/c1-10-5-6-3-2-4-9(6)7(8)11/h6H,2-5H2,1H3,(H2,8,11)/t6-/m1/s1. The lowest BCUT2D eigenvalue weighted by Crippen LogP contribution is -2.41. The largest absolute Gasteiger partial charge is 0.383 e. The fourth-order valence-electron chi connectivity index (χ4n) is 1.49. The first-order valence-electron chi connectivity index (χ1n) is 3.80. The van der Waals surface area contributed by atoms with Crippen molar-refractivity contribution < 1.29 is 4.74 Å². The molecule has 0 unspecified atom stereocenters. The van der Waals surface area contributed by atoms with Crippen molar-refractivity contribution in [3.8, 4) is 0 Å². The lowest BCUT2D eigenvalue weighted by Gasteiger charge is -2.23. The Bertz CT molecular complexity index is 151. The molecule has 0 aliphatic carbocycles. The van der Waals surface area contributed by atoms with Crippen LogP contribution in [0, 0.1) is 0 Å². The Balaban J connectivity index is 2.44. The number of ether oxygens (including phenoxy) is 1. The molecular formula is C7H14N2OS. The highest BCUT2D eigenvalue weighted by atomic mass is 32.1. The monoisotopic (exact) mass is 174 g/mol. The molecule has 0 bridgehead atoms. The molecular weight excluding hydrogens is 160 g/mol. The number of hydrogen-bond acceptors (Lipinski definition) is 2. The zero-order chi connectivity index (χ0) is 8.27. The van der Waals surface area contributed by atoms with Crippen molar-refractivity contribution in [1.29, 1.82) is 0 Å². The molecule has 0 aromatic heterocycles. The molecule has 4 heteroatoms. The van der Waals surface area contributed by atoms with Gasteiger partial charge in [-0.1, -0.05) is 0 Å². The van der Waals surface area contributed by atoms with Crippen LogP contribution in [0.5, 0.6) is 0 Å². The van der Waals surface area contributed by atoms with E-state index in [4.69, 9.17) is 22.7 Å². The van der Waals surface area contributed by atoms with Crippen LogP contribution in [-0.4, -0.2) is 36.3 Å². The predicted octanol–water partition coefficient (Wildman–Crippen LogP) is 0.341. The highest BCUT2D eigenvalue weighted by molar-refractivity contribution is 7.80. The summed E-state index contributed by atoms with van der Waals surface area (Å²) in [5.41, 5.74) is 5.52. The minimum absolute atomic E-state index is 0.414. The maximum Gasteiger partial charge on any atom is 0.166 e. The van der Waals surface area contributed by atoms with Gasteiger partial charge in [-0.3, -0.25) is 0 Å². The van der Waals surface area contributed by atoms with E-state index >= 15 is 0 Å². The van der Waals surface area contributed by atoms with Crippen LogP contribution < -0.4 is 5.73 Å². The van der Waals surface area contributed by atoms with Gasteiger partial charge in [-0.2, -0.15) is 0 Å². The Labute approximate surface area is 72.5 Å². The summed E-state index contributed by atoms with van der Waals surface area (Å²) in [4.78, 5) is 2.04. The summed E-state index contributed by atoms with van der Waals surface area (Å²) in [7, 11) is 1.70. The zero-order valence-corrected chi connectivity index (χ0v) is 7.56. The summed E-state index contributed by atoms with van der Waals surface area (Å²) in [6.07, 6.45) is 2.32. The number of nitrogens with two attached hydrogens (primary N) is 1. The number of rotatable bonds is 2. The molecule has 1 rings (SSSR count). The van der Waals surface area contributed by atoms with E-state index in [-0.39, 0.29) is 0 Å². The first-order chi connectivity index (χ1) is 5.25. The van der Waals surface area contributed by atoms with E-state index in [0.717, 1.165) is 19.6 Å². The minimum Gasteiger partial charge on any atom is -0.383 e. The van der Waals surface area contributed by atoms with E-state index in [9.17, 15) is 0 Å². The molecule has 1 atom stereocenters. The lowest BCUT2D eigenvalue weighted by molar-refractivity contribution is 0.146. The molecule has 3 nitrogen and oxygen atoms in total. The number of methoxy groups -OCH3 is 1. The molecule has 0 amide bonds. The third kappa shape index (κ3) is 2.04. The number of likely N-dealkylation sites (tertiary alicyclic amines) is 1. The predicted molar refractivity (Wildman–Crippen MR) is 48.4 cm³/mol. The van der Waals surface area contributed by atoms with Crippen molar-refractivity contribution in [2.45, 2.75) is 18.9 Å². The van der Waals surface area contributed by atoms with Crippen LogP contribution in [0.3, 0.4) is 0 Å². The van der Waals surface area contributed by atoms with Gasteiger partial charge in [0.2, 0.25) is 0 Å². The van der Waals surface area contributed by atoms with Gasteiger partial charge in [0.05, 0.1) is 12.6 Å². The van der Waals surface area contributed by atoms with E-state index in [1.165, 1.54) is 6.42 Å². The van der Waals surface area contributed by atoms with E-state index in [1.54, 1.807) is 7.11 Å². The molecule has 1 aliphatic heterocycles. The minimum atomic E-state index is 0.414. The van der Waals surface area contributed by atoms with Crippen molar-refractivity contribution in [1.82, 2.24) is 4.90 Å². The highest BCUT2D eigenvalue weighted by Gasteiger charge is 2.24. The summed E-state index contributed by atoms with van der Waals surface area (Å²) in [6.45, 7) is 1.72. The molecule has 64 valence electrons. The van der Waals surface area contributed by atoms with Crippen molar-refractivity contribution in [2.24, 2.45) is 5.73 Å². The summed E-state index contributed by atoms with van der Waals surface area (Å²) in [5, 5.41) is 0.504. The van der Waals surface area contributed by atoms with Gasteiger partial charge in [0.1, 0.15) is 0 Å². The fraction of sp³-hybridized carbons (Fsp3) is 0.857. The van der Waals surface area contributed by atoms with Crippen LogP contribution >= 0.6 is 12.2 Å². The van der Waals surface area contributed by atoms with Crippen LogP contribution in [0.2, 0.25) is 0 Å². The van der Waals surface area contributed by atoms with E-state index in [2.05, 4.69) is 0 Å². The van der Waals surface area contributed by atoms with E-state index in [1.807, 2.05) is 4.90 Å². The van der Waals surface area contributed by atoms with E-state index < -0.39 is 0 Å². The van der Waals surface area contributed by atoms with Crippen molar-refractivity contribution >= 4 is 17.3 Å². The van der Waals surface area contributed by atoms with Gasteiger partial charge in [0, 0.05) is 13.7 Å². The Kier molecular flexibility index (Phi) is 3.08. The van der Waals surface area contributed by atoms with Gasteiger partial charge in [-0.15, -0.1) is 0 Å². The SMILES string of the molecule is COC[C@H]1CCCN1C(N)=S. The molecule has 1 saturated heterocycles. The van der Waals surface area contributed by atoms with Gasteiger partial charge >= 0.3 is 0 Å². The Morgan fingerprint density at radius 2 is 2.55 bits per heavy atom. The van der Waals surface area contributed by atoms with Crippen LogP contribution in [0.15, 0.2) is 0 Å². The Morgan fingerprint density at radius 3 is 3.09 bits per heavy atom. The molecule has 2 N–H and O–H groups in total. The Hall–Kier alpha value is -0.350. The number of nitrogens with zero attached hydrogens (tertiary/aromatic N) is 1. The summed E-state index contributed by atoms with van der Waals surface area (Å²) >= 11 is 4.89. The van der Waals surface area contributed by atoms with Crippen molar-refractivity contribution in [2.75, 3.05) is 20.3 Å². The maximum atomic E-state index is 5.52. The molecule has 0 aromatic rings. The van der Waals surface area contributed by atoms with Gasteiger partial charge in [0.25, 0.3) is 0 Å². The quantitative estimate of drug-likeness (QED) is 0.613. The molecule has 0 saturated carbocycles. The third-order valence-electron chi connectivity index (χ3n) is 2.02. The smallest absolute Gasteiger partial charge is 0.166 e. The highest BCUT2D eigenvalue weighted by Crippen LogP contribution is 2.16. The molecule has 1 heterocycles. The number of thiocarbonyl (C=S) groups is 1. The first kappa shape index (κ1) is 8.74. The average Bonchev–Trinajstić information content (AvgIpc) is 2.36. The zero-order valence-electron chi connectivity index (χ0n) is 6.75. The topological polar surface area (TPSA) is 38.5 Å². The van der Waals surface area contributed by atoms with Crippen LogP contribution in [0.4, 0.5) is 0 Å². The van der Waals surface area contributed by atoms with Crippen LogP contribution in [0.25, 0.3) is 0 Å². The molecule has 11 heavy (non-hydrogen) atoms. The summed E-state index contributed by atoms with van der Waals surface area (Å²) in [6, 6.07) is 0.414. The van der Waals surface area contributed by atoms with Gasteiger partial charge in [-0.05, 0) is 25.1 Å². The third-order valence-corrected chi connectivity index (χ3v) is 2.25. The van der Waals surface area contributed by atoms with Crippen molar-refractivity contribution in [3.63, 3.8) is 0 Å². The normalized spacial score (nSPS) is 24.1. The Morgan fingerprint density at radius 1 is 1.82 bits per heavy atom. The molecule has 0 spiro atoms.